The molecule has 8 nitrogen and oxygen atoms in total. The van der Waals surface area contributed by atoms with Gasteiger partial charge in [0.15, 0.2) is 0 Å². The Morgan fingerprint density at radius 2 is 0.750 bits per heavy atom. The minimum Gasteiger partial charge on any atom is -0.497 e. The van der Waals surface area contributed by atoms with Gasteiger partial charge in [0, 0.05) is 11.4 Å². The highest BCUT2D eigenvalue weighted by Gasteiger charge is 2.96. The van der Waals surface area contributed by atoms with Crippen LogP contribution in [0.1, 0.15) is 0 Å². The van der Waals surface area contributed by atoms with Crippen molar-refractivity contribution in [1.29, 1.82) is 0 Å². The van der Waals surface area contributed by atoms with Crippen molar-refractivity contribution in [3.8, 4) is 11.5 Å². The lowest BCUT2D eigenvalue weighted by atomic mass is 10.0. The van der Waals surface area contributed by atoms with Crippen LogP contribution < -0.4 is 20.1 Å². The Kier molecular flexibility index (Phi) is 9.34. The second-order valence-electron chi connectivity index (χ2n) is 9.44. The second-order valence-corrected chi connectivity index (χ2v) is 9.44. The van der Waals surface area contributed by atoms with E-state index in [1.54, 1.807) is 0 Å². The smallest absolute Gasteiger partial charge is 0.446 e. The monoisotopic (exact) mass is 728 g/mol. The Morgan fingerprint density at radius 1 is 0.521 bits per heavy atom. The van der Waals surface area contributed by atoms with Crippen molar-refractivity contribution >= 4 is 23.2 Å². The van der Waals surface area contributed by atoms with Gasteiger partial charge in [-0.05, 0) is 48.5 Å². The third kappa shape index (κ3) is 5.56. The van der Waals surface area contributed by atoms with E-state index >= 15 is 43.9 Å². The molecule has 1 aliphatic rings. The van der Waals surface area contributed by atoms with Gasteiger partial charge in [-0.2, -0.15) is 61.5 Å². The van der Waals surface area contributed by atoms with Gasteiger partial charge in [0.1, 0.15) is 11.5 Å². The van der Waals surface area contributed by atoms with Crippen LogP contribution in [-0.4, -0.2) is 84.0 Å². The van der Waals surface area contributed by atoms with Gasteiger partial charge in [-0.3, -0.25) is 9.59 Å². The van der Waals surface area contributed by atoms with Crippen LogP contribution in [0, 0.1) is 0 Å². The highest BCUT2D eigenvalue weighted by molar-refractivity contribution is 5.98. The van der Waals surface area contributed by atoms with E-state index in [9.17, 15) is 35.9 Å². The first kappa shape index (κ1) is 38.2. The topological polar surface area (TPSA) is 83.1 Å². The molecule has 2 amide bonds. The average molecular weight is 728 g/mol. The van der Waals surface area contributed by atoms with Crippen molar-refractivity contribution in [3.05, 3.63) is 48.5 Å². The molecular weight excluding hydrogens is 712 g/mol. The number of nitrogens with one attached hydrogen (secondary N) is 2. The molecule has 0 aromatic heterocycles. The number of rotatable bonds is 8. The summed E-state index contributed by atoms with van der Waals surface area (Å²) in [6.07, 6.45) is -15.2. The van der Waals surface area contributed by atoms with Gasteiger partial charge in [0.05, 0.1) is 14.2 Å². The summed E-state index contributed by atoms with van der Waals surface area (Å²) in [7, 11) is 2.03. The molecule has 2 aromatic carbocycles. The summed E-state index contributed by atoms with van der Waals surface area (Å²) in [5.41, 5.74) is -2.21. The fourth-order valence-electron chi connectivity index (χ4n) is 4.16. The fraction of sp³-hybridized carbons (Fsp3) is 0.417. The molecule has 2 N–H and O–H groups in total. The van der Waals surface area contributed by atoms with Gasteiger partial charge < -0.3 is 20.1 Å². The minimum atomic E-state index is -8.04. The highest BCUT2D eigenvalue weighted by atomic mass is 19.4. The number of methoxy groups -OCH3 is 2. The Morgan fingerprint density at radius 3 is 0.938 bits per heavy atom. The third-order valence-corrected chi connectivity index (χ3v) is 6.51. The number of nitrogens with zero attached hydrogens (tertiary/aromatic N) is 2. The van der Waals surface area contributed by atoms with Crippen LogP contribution >= 0.6 is 0 Å². The largest absolute Gasteiger partial charge is 0.497 e. The van der Waals surface area contributed by atoms with Crippen molar-refractivity contribution in [2.75, 3.05) is 24.9 Å². The maximum Gasteiger partial charge on any atom is 0.446 e. The molecule has 48 heavy (non-hydrogen) atoms. The van der Waals surface area contributed by atoms with Crippen LogP contribution in [0.5, 0.6) is 11.5 Å². The molecule has 0 radical (unpaired) electrons. The van der Waals surface area contributed by atoms with E-state index in [2.05, 4.69) is 9.47 Å². The lowest BCUT2D eigenvalue weighted by Gasteiger charge is -2.57. The summed E-state index contributed by atoms with van der Waals surface area (Å²) in [5.74, 6) is -22.7. The molecule has 1 aliphatic heterocycles. The molecule has 0 bridgehead atoms. The summed E-state index contributed by atoms with van der Waals surface area (Å²) in [5, 5.41) is 1.52. The van der Waals surface area contributed by atoms with Crippen molar-refractivity contribution in [2.24, 2.45) is 0 Å². The number of piperazine rings is 1. The molecule has 2 atom stereocenters. The van der Waals surface area contributed by atoms with Gasteiger partial charge >= 0.3 is 48.1 Å². The molecule has 0 saturated carbocycles. The zero-order valence-corrected chi connectivity index (χ0v) is 23.2. The number of benzene rings is 2. The van der Waals surface area contributed by atoms with E-state index in [0.717, 1.165) is 49.1 Å². The molecule has 3 rings (SSSR count). The van der Waals surface area contributed by atoms with Gasteiger partial charge in [0.25, 0.3) is 11.8 Å². The predicted molar refractivity (Wildman–Crippen MR) is 127 cm³/mol. The quantitative estimate of drug-likeness (QED) is 0.232. The maximum atomic E-state index is 15.6. The highest BCUT2D eigenvalue weighted by Crippen LogP contribution is 2.65. The summed E-state index contributed by atoms with van der Waals surface area (Å²) >= 11 is 0. The van der Waals surface area contributed by atoms with Gasteiger partial charge in [-0.15, -0.1) is 9.80 Å². The van der Waals surface area contributed by atoms with E-state index < -0.39 is 81.1 Å². The van der Waals surface area contributed by atoms with Crippen LogP contribution in [0.15, 0.2) is 48.5 Å². The molecular formula is C24H16F16N4O4. The number of amides is 2. The molecule has 0 spiro atoms. The standard InChI is InChI=1S/C24H16F16N4O4/c1-47-13-7-3-11(4-8-13)41-15(45)17(25,19(27,28)29)43-21(33,34)23(37,38)44(24(39,40)22(43,35)36)18(26,20(30,31)32)16(46)42-12-5-9-14(48-2)10-6-12/h3-10H,1-2H3,(H,41,45)(H,42,46). The van der Waals surface area contributed by atoms with Crippen LogP contribution in [-0.2, 0) is 9.59 Å². The summed E-state index contributed by atoms with van der Waals surface area (Å²) in [6.45, 7) is 0. The molecule has 2 unspecified atom stereocenters. The van der Waals surface area contributed by atoms with Crippen LogP contribution in [0.3, 0.4) is 0 Å². The van der Waals surface area contributed by atoms with Gasteiger partial charge in [0.2, 0.25) is 0 Å². The van der Waals surface area contributed by atoms with Gasteiger partial charge in [-0.25, -0.2) is 8.78 Å². The third-order valence-electron chi connectivity index (χ3n) is 6.51. The van der Waals surface area contributed by atoms with Crippen LogP contribution in [0.25, 0.3) is 0 Å². The minimum absolute atomic E-state index is 0.154. The zero-order valence-electron chi connectivity index (χ0n) is 23.2. The average Bonchev–Trinajstić information content (AvgIpc) is 2.95. The van der Waals surface area contributed by atoms with E-state index in [4.69, 9.17) is 0 Å². The Labute approximate surface area is 256 Å². The number of hydrogen-bond acceptors (Lipinski definition) is 6. The van der Waals surface area contributed by atoms with Crippen molar-refractivity contribution in [3.63, 3.8) is 0 Å². The Bertz CT molecular complexity index is 1380. The number of alkyl halides is 16. The number of carbonyl (C=O) groups excluding carboxylic acids is 2. The summed E-state index contributed by atoms with van der Waals surface area (Å²) in [6, 6.07) is -27.1. The van der Waals surface area contributed by atoms with E-state index in [-0.39, 0.29) is 11.5 Å². The number of carbonyl (C=O) groups is 2. The number of hydrogen-bond donors (Lipinski definition) is 2. The molecule has 1 fully saturated rings. The Hall–Kier alpha value is -4.22. The maximum absolute atomic E-state index is 15.6. The molecule has 0 aliphatic carbocycles. The lowest BCUT2D eigenvalue weighted by Crippen LogP contribution is -2.90. The Balaban J connectivity index is 2.27. The normalized spacial score (nSPS) is 21.7. The number of ether oxygens (including phenoxy) is 2. The van der Waals surface area contributed by atoms with Crippen molar-refractivity contribution < 1.29 is 89.3 Å². The summed E-state index contributed by atoms with van der Waals surface area (Å²) < 4.78 is 245. The second kappa shape index (κ2) is 11.7. The number of anilines is 2. The molecule has 24 heteroatoms. The first-order valence-electron chi connectivity index (χ1n) is 12.1. The van der Waals surface area contributed by atoms with Crippen molar-refractivity contribution in [1.82, 2.24) is 9.80 Å². The molecule has 2 aromatic rings. The summed E-state index contributed by atoms with van der Waals surface area (Å²) in [4.78, 5) is 16.6. The van der Waals surface area contributed by atoms with Crippen LogP contribution in [0.4, 0.5) is 81.6 Å². The van der Waals surface area contributed by atoms with Crippen molar-refractivity contribution in [2.45, 2.75) is 48.1 Å². The predicted octanol–water partition coefficient (Wildman–Crippen LogP) is 6.73. The number of halogens is 16. The van der Waals surface area contributed by atoms with E-state index in [0.29, 0.717) is 24.3 Å². The molecule has 1 heterocycles. The van der Waals surface area contributed by atoms with E-state index in [1.165, 1.54) is 0 Å². The van der Waals surface area contributed by atoms with E-state index in [1.807, 2.05) is 0 Å². The van der Waals surface area contributed by atoms with Crippen LogP contribution in [0.2, 0.25) is 0 Å². The lowest BCUT2D eigenvalue weighted by molar-refractivity contribution is -0.556. The van der Waals surface area contributed by atoms with Gasteiger partial charge in [-0.1, -0.05) is 0 Å². The molecule has 268 valence electrons. The fourth-order valence-corrected chi connectivity index (χ4v) is 4.16. The molecule has 1 saturated heterocycles. The SMILES string of the molecule is COc1ccc(NC(=O)C(F)(N2C(F)(F)C(F)(F)N(C(F)(C(=O)Nc3ccc(OC)cc3)C(F)(F)F)C(F)(F)C2(F)F)C(F)(F)F)cc1. The zero-order chi connectivity index (χ0) is 37.1. The first-order chi connectivity index (χ1) is 21.6. The first-order valence-corrected chi connectivity index (χ1v) is 12.1.